The van der Waals surface area contributed by atoms with Gasteiger partial charge in [0.05, 0.1) is 18.8 Å². The molecule has 1 atom stereocenters. The minimum absolute atomic E-state index is 0.198. The van der Waals surface area contributed by atoms with Gasteiger partial charge in [0, 0.05) is 19.6 Å². The van der Waals surface area contributed by atoms with E-state index < -0.39 is 0 Å². The zero-order chi connectivity index (χ0) is 16.4. The van der Waals surface area contributed by atoms with Crippen LogP contribution in [0.3, 0.4) is 0 Å². The molecule has 2 N–H and O–H groups in total. The first-order valence-electron chi connectivity index (χ1n) is 8.00. The molecular weight excluding hydrogens is 286 g/mol. The van der Waals surface area contributed by atoms with Gasteiger partial charge in [-0.3, -0.25) is 0 Å². The summed E-state index contributed by atoms with van der Waals surface area (Å²) in [7, 11) is 5.90. The van der Waals surface area contributed by atoms with Gasteiger partial charge in [0.2, 0.25) is 0 Å². The van der Waals surface area contributed by atoms with Crippen molar-refractivity contribution in [2.45, 2.75) is 19.1 Å². The van der Waals surface area contributed by atoms with Crippen LogP contribution >= 0.6 is 0 Å². The SMILES string of the molecule is COc1ccccc1N1Cc2ccc(CN(C)C)cc2C1CN. The second-order valence-electron chi connectivity index (χ2n) is 6.32. The molecule has 2 aromatic carbocycles. The zero-order valence-corrected chi connectivity index (χ0v) is 14.1. The third-order valence-corrected chi connectivity index (χ3v) is 4.40. The predicted molar refractivity (Wildman–Crippen MR) is 94.8 cm³/mol. The largest absolute Gasteiger partial charge is 0.495 e. The van der Waals surface area contributed by atoms with Crippen LogP contribution in [0.5, 0.6) is 5.75 Å². The van der Waals surface area contributed by atoms with Crippen molar-refractivity contribution in [1.29, 1.82) is 0 Å². The van der Waals surface area contributed by atoms with Crippen LogP contribution in [0.25, 0.3) is 0 Å². The Bertz CT molecular complexity index is 684. The maximum absolute atomic E-state index is 6.13. The first kappa shape index (κ1) is 15.8. The molecule has 2 aromatic rings. The molecule has 0 bridgehead atoms. The van der Waals surface area contributed by atoms with E-state index in [1.165, 1.54) is 16.7 Å². The van der Waals surface area contributed by atoms with E-state index in [4.69, 9.17) is 10.5 Å². The molecule has 0 amide bonds. The molecule has 4 nitrogen and oxygen atoms in total. The quantitative estimate of drug-likeness (QED) is 0.922. The van der Waals surface area contributed by atoms with Crippen molar-refractivity contribution < 1.29 is 4.74 Å². The number of benzene rings is 2. The molecule has 1 unspecified atom stereocenters. The minimum atomic E-state index is 0.198. The van der Waals surface area contributed by atoms with Crippen molar-refractivity contribution in [1.82, 2.24) is 4.90 Å². The van der Waals surface area contributed by atoms with Gasteiger partial charge in [0.1, 0.15) is 5.75 Å². The summed E-state index contributed by atoms with van der Waals surface area (Å²) in [5, 5.41) is 0. The summed E-state index contributed by atoms with van der Waals surface area (Å²) >= 11 is 0. The molecule has 0 saturated heterocycles. The van der Waals surface area contributed by atoms with Crippen molar-refractivity contribution in [2.24, 2.45) is 5.73 Å². The Balaban J connectivity index is 1.96. The Morgan fingerprint density at radius 1 is 1.22 bits per heavy atom. The van der Waals surface area contributed by atoms with Crippen molar-refractivity contribution >= 4 is 5.69 Å². The number of methoxy groups -OCH3 is 1. The monoisotopic (exact) mass is 311 g/mol. The van der Waals surface area contributed by atoms with Crippen LogP contribution in [-0.2, 0) is 13.1 Å². The number of nitrogens with zero attached hydrogens (tertiary/aromatic N) is 2. The van der Waals surface area contributed by atoms with E-state index in [-0.39, 0.29) is 6.04 Å². The van der Waals surface area contributed by atoms with Gasteiger partial charge in [0.25, 0.3) is 0 Å². The Hall–Kier alpha value is -2.04. The molecular formula is C19H25N3O. The summed E-state index contributed by atoms with van der Waals surface area (Å²) in [4.78, 5) is 4.54. The molecule has 4 heteroatoms. The first-order chi connectivity index (χ1) is 11.1. The van der Waals surface area contributed by atoms with E-state index in [1.54, 1.807) is 7.11 Å². The average Bonchev–Trinajstić information content (AvgIpc) is 2.91. The first-order valence-corrected chi connectivity index (χ1v) is 8.00. The Morgan fingerprint density at radius 3 is 2.70 bits per heavy atom. The lowest BCUT2D eigenvalue weighted by atomic mass is 10.0. The zero-order valence-electron chi connectivity index (χ0n) is 14.1. The fourth-order valence-corrected chi connectivity index (χ4v) is 3.40. The van der Waals surface area contributed by atoms with Gasteiger partial charge < -0.3 is 20.3 Å². The van der Waals surface area contributed by atoms with Crippen molar-refractivity contribution in [2.75, 3.05) is 32.6 Å². The fourth-order valence-electron chi connectivity index (χ4n) is 3.40. The van der Waals surface area contributed by atoms with Gasteiger partial charge in [-0.1, -0.05) is 30.3 Å². The van der Waals surface area contributed by atoms with Crippen LogP contribution in [0.2, 0.25) is 0 Å². The van der Waals surface area contributed by atoms with Gasteiger partial charge in [-0.05, 0) is 42.9 Å². The Labute approximate surface area is 138 Å². The van der Waals surface area contributed by atoms with E-state index in [1.807, 2.05) is 18.2 Å². The summed E-state index contributed by atoms with van der Waals surface area (Å²) in [6.45, 7) is 2.41. The highest BCUT2D eigenvalue weighted by Gasteiger charge is 2.31. The summed E-state index contributed by atoms with van der Waals surface area (Å²) in [6.07, 6.45) is 0. The Kier molecular flexibility index (Phi) is 4.55. The molecule has 1 aliphatic heterocycles. The lowest BCUT2D eigenvalue weighted by molar-refractivity contribution is 0.402. The third kappa shape index (κ3) is 3.05. The smallest absolute Gasteiger partial charge is 0.142 e. The standard InChI is InChI=1S/C19H25N3O/c1-21(2)12-14-8-9-15-13-22(18(11-20)16(15)10-14)17-6-4-5-7-19(17)23-3/h4-10,18H,11-13,20H2,1-3H3. The lowest BCUT2D eigenvalue weighted by Gasteiger charge is -2.27. The maximum Gasteiger partial charge on any atom is 0.142 e. The van der Waals surface area contributed by atoms with E-state index in [9.17, 15) is 0 Å². The number of fused-ring (bicyclic) bond motifs is 1. The van der Waals surface area contributed by atoms with Gasteiger partial charge in [-0.25, -0.2) is 0 Å². The van der Waals surface area contributed by atoms with Crippen molar-refractivity contribution in [3.63, 3.8) is 0 Å². The lowest BCUT2D eigenvalue weighted by Crippen LogP contribution is -2.28. The number of rotatable bonds is 5. The van der Waals surface area contributed by atoms with Gasteiger partial charge in [-0.2, -0.15) is 0 Å². The molecule has 1 heterocycles. The van der Waals surface area contributed by atoms with E-state index in [0.29, 0.717) is 6.54 Å². The van der Waals surface area contributed by atoms with Crippen LogP contribution in [0, 0.1) is 0 Å². The van der Waals surface area contributed by atoms with Crippen LogP contribution in [-0.4, -0.2) is 32.6 Å². The number of hydrogen-bond donors (Lipinski definition) is 1. The van der Waals surface area contributed by atoms with Crippen molar-refractivity contribution in [3.05, 3.63) is 59.2 Å². The van der Waals surface area contributed by atoms with E-state index in [2.05, 4.69) is 48.2 Å². The highest BCUT2D eigenvalue weighted by atomic mass is 16.5. The summed E-state index contributed by atoms with van der Waals surface area (Å²) in [5.41, 5.74) is 11.3. The van der Waals surface area contributed by atoms with Gasteiger partial charge in [-0.15, -0.1) is 0 Å². The van der Waals surface area contributed by atoms with Crippen LogP contribution in [0.15, 0.2) is 42.5 Å². The highest BCUT2D eigenvalue weighted by molar-refractivity contribution is 5.63. The van der Waals surface area contributed by atoms with Crippen LogP contribution < -0.4 is 15.4 Å². The molecule has 0 aliphatic carbocycles. The topological polar surface area (TPSA) is 41.7 Å². The molecule has 3 rings (SSSR count). The maximum atomic E-state index is 6.13. The Morgan fingerprint density at radius 2 is 2.00 bits per heavy atom. The highest BCUT2D eigenvalue weighted by Crippen LogP contribution is 2.41. The molecule has 0 spiro atoms. The summed E-state index contributed by atoms with van der Waals surface area (Å²) in [5.74, 6) is 0.896. The van der Waals surface area contributed by atoms with E-state index in [0.717, 1.165) is 24.5 Å². The molecule has 0 aromatic heterocycles. The predicted octanol–water partition coefficient (Wildman–Crippen LogP) is 2.78. The number of ether oxygens (including phenoxy) is 1. The second kappa shape index (κ2) is 6.60. The molecule has 122 valence electrons. The number of para-hydroxylation sites is 2. The van der Waals surface area contributed by atoms with E-state index >= 15 is 0 Å². The van der Waals surface area contributed by atoms with Gasteiger partial charge >= 0.3 is 0 Å². The number of nitrogens with two attached hydrogens (primary N) is 1. The molecule has 0 fully saturated rings. The third-order valence-electron chi connectivity index (χ3n) is 4.40. The van der Waals surface area contributed by atoms with Crippen molar-refractivity contribution in [3.8, 4) is 5.75 Å². The molecule has 23 heavy (non-hydrogen) atoms. The molecule has 0 radical (unpaired) electrons. The van der Waals surface area contributed by atoms with Crippen LogP contribution in [0.1, 0.15) is 22.7 Å². The molecule has 1 aliphatic rings. The fraction of sp³-hybridized carbons (Fsp3) is 0.368. The minimum Gasteiger partial charge on any atom is -0.495 e. The normalized spacial score (nSPS) is 16.7. The second-order valence-corrected chi connectivity index (χ2v) is 6.32. The van der Waals surface area contributed by atoms with Crippen LogP contribution in [0.4, 0.5) is 5.69 Å². The number of hydrogen-bond acceptors (Lipinski definition) is 4. The number of anilines is 1. The van der Waals surface area contributed by atoms with Gasteiger partial charge in [0.15, 0.2) is 0 Å². The summed E-state index contributed by atoms with van der Waals surface area (Å²) < 4.78 is 5.54. The summed E-state index contributed by atoms with van der Waals surface area (Å²) in [6, 6.07) is 15.1. The average molecular weight is 311 g/mol. The molecule has 0 saturated carbocycles.